The molecule has 0 saturated heterocycles. The Morgan fingerprint density at radius 2 is 2.18 bits per heavy atom. The van der Waals surface area contributed by atoms with Gasteiger partial charge in [0.1, 0.15) is 5.01 Å². The van der Waals surface area contributed by atoms with E-state index < -0.39 is 0 Å². The number of nitrogens with zero attached hydrogens (tertiary/aromatic N) is 2. The molecule has 2 rings (SSSR count). The Bertz CT molecular complexity index is 519. The van der Waals surface area contributed by atoms with Gasteiger partial charge in [-0.25, -0.2) is 4.98 Å². The van der Waals surface area contributed by atoms with E-state index in [2.05, 4.69) is 15.3 Å². The van der Waals surface area contributed by atoms with Gasteiger partial charge in [-0.05, 0) is 26.0 Å². The first-order valence-corrected chi connectivity index (χ1v) is 6.15. The molecule has 0 aromatic carbocycles. The molecule has 2 aromatic rings. The van der Waals surface area contributed by atoms with Crippen molar-refractivity contribution in [1.82, 2.24) is 15.3 Å². The van der Waals surface area contributed by atoms with Gasteiger partial charge in [0.05, 0.1) is 12.1 Å². The minimum absolute atomic E-state index is 0.120. The van der Waals surface area contributed by atoms with Crippen LogP contribution in [0.25, 0.3) is 0 Å². The van der Waals surface area contributed by atoms with Gasteiger partial charge in [-0.2, -0.15) is 0 Å². The summed E-state index contributed by atoms with van der Waals surface area (Å²) in [7, 11) is 0. The summed E-state index contributed by atoms with van der Waals surface area (Å²) in [5.74, 6) is -0.120. The van der Waals surface area contributed by atoms with Gasteiger partial charge < -0.3 is 5.32 Å². The average molecular weight is 247 g/mol. The molecule has 0 atom stereocenters. The molecule has 2 heterocycles. The Kier molecular flexibility index (Phi) is 3.49. The lowest BCUT2D eigenvalue weighted by atomic mass is 10.2. The number of hydrogen-bond acceptors (Lipinski definition) is 4. The highest BCUT2D eigenvalue weighted by molar-refractivity contribution is 7.09. The topological polar surface area (TPSA) is 54.9 Å². The van der Waals surface area contributed by atoms with E-state index in [4.69, 9.17) is 0 Å². The van der Waals surface area contributed by atoms with Crippen molar-refractivity contribution in [3.05, 3.63) is 45.7 Å². The zero-order valence-corrected chi connectivity index (χ0v) is 10.5. The first-order chi connectivity index (χ1) is 8.15. The summed E-state index contributed by atoms with van der Waals surface area (Å²) in [4.78, 5) is 20.1. The first-order valence-electron chi connectivity index (χ1n) is 5.27. The van der Waals surface area contributed by atoms with Crippen LogP contribution in [0, 0.1) is 13.8 Å². The molecule has 0 spiro atoms. The number of pyridine rings is 1. The maximum atomic E-state index is 11.8. The molecule has 0 fully saturated rings. The maximum Gasteiger partial charge on any atom is 0.253 e. The molecule has 1 N–H and O–H groups in total. The van der Waals surface area contributed by atoms with Gasteiger partial charge in [-0.1, -0.05) is 0 Å². The van der Waals surface area contributed by atoms with Crippen molar-refractivity contribution in [3.8, 4) is 0 Å². The van der Waals surface area contributed by atoms with Gasteiger partial charge in [0.25, 0.3) is 5.91 Å². The van der Waals surface area contributed by atoms with Crippen LogP contribution in [0.3, 0.4) is 0 Å². The van der Waals surface area contributed by atoms with Crippen LogP contribution < -0.4 is 5.32 Å². The predicted molar refractivity (Wildman–Crippen MR) is 67.0 cm³/mol. The van der Waals surface area contributed by atoms with Gasteiger partial charge >= 0.3 is 0 Å². The SMILES string of the molecule is Cc1ccc(C(=O)NCc2nc(C)cs2)cn1. The van der Waals surface area contributed by atoms with Crippen molar-refractivity contribution in [1.29, 1.82) is 0 Å². The number of aryl methyl sites for hydroxylation is 2. The van der Waals surface area contributed by atoms with Crippen molar-refractivity contribution in [2.75, 3.05) is 0 Å². The highest BCUT2D eigenvalue weighted by Crippen LogP contribution is 2.08. The van der Waals surface area contributed by atoms with E-state index in [1.54, 1.807) is 23.6 Å². The normalized spacial score (nSPS) is 10.2. The number of thiazole rings is 1. The van der Waals surface area contributed by atoms with E-state index >= 15 is 0 Å². The number of rotatable bonds is 3. The zero-order chi connectivity index (χ0) is 12.3. The fourth-order valence-corrected chi connectivity index (χ4v) is 2.06. The summed E-state index contributed by atoms with van der Waals surface area (Å²) in [5.41, 5.74) is 2.46. The molecule has 5 heteroatoms. The largest absolute Gasteiger partial charge is 0.345 e. The molecule has 0 aliphatic heterocycles. The molecule has 0 unspecified atom stereocenters. The Hall–Kier alpha value is -1.75. The van der Waals surface area contributed by atoms with Gasteiger partial charge in [0.15, 0.2) is 0 Å². The van der Waals surface area contributed by atoms with Crippen LogP contribution in [0.1, 0.15) is 26.8 Å². The van der Waals surface area contributed by atoms with Crippen molar-refractivity contribution in [2.45, 2.75) is 20.4 Å². The minimum atomic E-state index is -0.120. The first kappa shape index (κ1) is 11.7. The van der Waals surface area contributed by atoms with Gasteiger partial charge in [0.2, 0.25) is 0 Å². The van der Waals surface area contributed by atoms with E-state index in [-0.39, 0.29) is 5.91 Å². The summed E-state index contributed by atoms with van der Waals surface area (Å²) >= 11 is 1.55. The second-order valence-corrected chi connectivity index (χ2v) is 4.70. The Morgan fingerprint density at radius 3 is 2.76 bits per heavy atom. The predicted octanol–water partition coefficient (Wildman–Crippen LogP) is 2.08. The fraction of sp³-hybridized carbons (Fsp3) is 0.250. The monoisotopic (exact) mass is 247 g/mol. The van der Waals surface area contributed by atoms with Crippen LogP contribution in [-0.2, 0) is 6.54 Å². The summed E-state index contributed by atoms with van der Waals surface area (Å²) < 4.78 is 0. The molecule has 4 nitrogen and oxygen atoms in total. The number of carbonyl (C=O) groups excluding carboxylic acids is 1. The quantitative estimate of drug-likeness (QED) is 0.903. The summed E-state index contributed by atoms with van der Waals surface area (Å²) in [5, 5.41) is 5.70. The smallest absolute Gasteiger partial charge is 0.253 e. The lowest BCUT2D eigenvalue weighted by Gasteiger charge is -2.02. The minimum Gasteiger partial charge on any atom is -0.345 e. The number of carbonyl (C=O) groups is 1. The standard InChI is InChI=1S/C12H13N3OS/c1-8-3-4-10(5-13-8)12(16)14-6-11-15-9(2)7-17-11/h3-5,7H,6H2,1-2H3,(H,14,16). The highest BCUT2D eigenvalue weighted by Gasteiger charge is 2.06. The number of hydrogen-bond donors (Lipinski definition) is 1. The van der Waals surface area contributed by atoms with Crippen LogP contribution >= 0.6 is 11.3 Å². The molecule has 0 aliphatic rings. The Balaban J connectivity index is 1.95. The van der Waals surface area contributed by atoms with E-state index in [0.29, 0.717) is 12.1 Å². The van der Waals surface area contributed by atoms with E-state index in [1.807, 2.05) is 25.3 Å². The average Bonchev–Trinajstić information content (AvgIpc) is 2.73. The van der Waals surface area contributed by atoms with Crippen LogP contribution in [0.15, 0.2) is 23.7 Å². The molecule has 17 heavy (non-hydrogen) atoms. The third kappa shape index (κ3) is 3.10. The fourth-order valence-electron chi connectivity index (χ4n) is 1.34. The number of aromatic nitrogens is 2. The van der Waals surface area contributed by atoms with E-state index in [0.717, 1.165) is 16.4 Å². The molecule has 0 aliphatic carbocycles. The maximum absolute atomic E-state index is 11.8. The zero-order valence-electron chi connectivity index (χ0n) is 9.73. The summed E-state index contributed by atoms with van der Waals surface area (Å²) in [6.07, 6.45) is 1.58. The van der Waals surface area contributed by atoms with Gasteiger partial charge in [-0.3, -0.25) is 9.78 Å². The molecule has 1 amide bonds. The third-order valence-corrected chi connectivity index (χ3v) is 3.21. The van der Waals surface area contributed by atoms with Gasteiger partial charge in [0, 0.05) is 23.0 Å². The van der Waals surface area contributed by atoms with E-state index in [1.165, 1.54) is 0 Å². The van der Waals surface area contributed by atoms with Crippen molar-refractivity contribution in [3.63, 3.8) is 0 Å². The third-order valence-electron chi connectivity index (χ3n) is 2.24. The molecule has 88 valence electrons. The highest BCUT2D eigenvalue weighted by atomic mass is 32.1. The lowest BCUT2D eigenvalue weighted by Crippen LogP contribution is -2.22. The molecule has 2 aromatic heterocycles. The lowest BCUT2D eigenvalue weighted by molar-refractivity contribution is 0.0950. The van der Waals surface area contributed by atoms with E-state index in [9.17, 15) is 4.79 Å². The second kappa shape index (κ2) is 5.05. The number of nitrogens with one attached hydrogen (secondary N) is 1. The molecular weight excluding hydrogens is 234 g/mol. The second-order valence-electron chi connectivity index (χ2n) is 3.75. The van der Waals surface area contributed by atoms with Crippen LogP contribution in [0.4, 0.5) is 0 Å². The molecule has 0 radical (unpaired) electrons. The summed E-state index contributed by atoms with van der Waals surface area (Å²) in [6.45, 7) is 4.29. The van der Waals surface area contributed by atoms with Crippen LogP contribution in [-0.4, -0.2) is 15.9 Å². The van der Waals surface area contributed by atoms with Crippen molar-refractivity contribution >= 4 is 17.2 Å². The summed E-state index contributed by atoms with van der Waals surface area (Å²) in [6, 6.07) is 3.59. The Morgan fingerprint density at radius 1 is 1.35 bits per heavy atom. The van der Waals surface area contributed by atoms with Crippen LogP contribution in [0.2, 0.25) is 0 Å². The number of amides is 1. The van der Waals surface area contributed by atoms with Crippen LogP contribution in [0.5, 0.6) is 0 Å². The molecular formula is C12H13N3OS. The Labute approximate surface area is 104 Å². The van der Waals surface area contributed by atoms with Crippen molar-refractivity contribution < 1.29 is 4.79 Å². The molecule has 0 bridgehead atoms. The molecule has 0 saturated carbocycles. The van der Waals surface area contributed by atoms with Crippen molar-refractivity contribution in [2.24, 2.45) is 0 Å². The van der Waals surface area contributed by atoms with Gasteiger partial charge in [-0.15, -0.1) is 11.3 Å².